The van der Waals surface area contributed by atoms with Crippen LogP contribution in [-0.4, -0.2) is 30.0 Å². The van der Waals surface area contributed by atoms with Crippen molar-refractivity contribution < 1.29 is 0 Å². The van der Waals surface area contributed by atoms with Gasteiger partial charge in [0, 0.05) is 17.8 Å². The van der Waals surface area contributed by atoms with Crippen molar-refractivity contribution in [2.45, 2.75) is 31.6 Å². The molecule has 1 aromatic rings. The molecule has 0 bridgehead atoms. The minimum Gasteiger partial charge on any atom is -0.306 e. The van der Waals surface area contributed by atoms with Gasteiger partial charge in [-0.15, -0.1) is 11.3 Å². The van der Waals surface area contributed by atoms with Gasteiger partial charge in [-0.05, 0) is 26.4 Å². The number of thiazole rings is 1. The Hall–Kier alpha value is -0.920. The van der Waals surface area contributed by atoms with Gasteiger partial charge in [0.1, 0.15) is 5.01 Å². The Morgan fingerprint density at radius 3 is 3.12 bits per heavy atom. The molecule has 1 saturated heterocycles. The van der Waals surface area contributed by atoms with Crippen molar-refractivity contribution in [2.24, 2.45) is 0 Å². The van der Waals surface area contributed by atoms with Crippen molar-refractivity contribution in [3.63, 3.8) is 0 Å². The second-order valence-electron chi connectivity index (χ2n) is 4.45. The van der Waals surface area contributed by atoms with Crippen LogP contribution in [0.1, 0.15) is 42.3 Å². The lowest BCUT2D eigenvalue weighted by molar-refractivity contribution is 0.411. The quantitative estimate of drug-likeness (QED) is 0.808. The van der Waals surface area contributed by atoms with E-state index >= 15 is 0 Å². The van der Waals surface area contributed by atoms with Gasteiger partial charge in [0.2, 0.25) is 0 Å². The fourth-order valence-electron chi connectivity index (χ4n) is 2.15. The summed E-state index contributed by atoms with van der Waals surface area (Å²) in [6.45, 7) is 4.30. The largest absolute Gasteiger partial charge is 0.306 e. The summed E-state index contributed by atoms with van der Waals surface area (Å²) >= 11 is 1.64. The van der Waals surface area contributed by atoms with Crippen LogP contribution in [0.3, 0.4) is 0 Å². The molecule has 86 valence electrons. The lowest BCUT2D eigenvalue weighted by Crippen LogP contribution is -2.13. The molecular weight excluding hydrogens is 218 g/mol. The average Bonchev–Trinajstić information content (AvgIpc) is 2.89. The average molecular weight is 235 g/mol. The predicted octanol–water partition coefficient (Wildman–Crippen LogP) is 2.58. The maximum atomic E-state index is 9.00. The highest BCUT2D eigenvalue weighted by atomic mass is 32.1. The van der Waals surface area contributed by atoms with Crippen LogP contribution in [0, 0.1) is 11.3 Å². The zero-order valence-electron chi connectivity index (χ0n) is 9.81. The highest BCUT2D eigenvalue weighted by molar-refractivity contribution is 7.09. The first-order chi connectivity index (χ1) is 7.74. The molecule has 1 aromatic heterocycles. The third kappa shape index (κ3) is 2.26. The van der Waals surface area contributed by atoms with Crippen LogP contribution in [0.25, 0.3) is 0 Å². The molecule has 0 aliphatic carbocycles. The summed E-state index contributed by atoms with van der Waals surface area (Å²) in [4.78, 5) is 6.98. The van der Waals surface area contributed by atoms with Gasteiger partial charge in [-0.3, -0.25) is 0 Å². The first-order valence-corrected chi connectivity index (χ1v) is 6.66. The van der Waals surface area contributed by atoms with E-state index < -0.39 is 0 Å². The van der Waals surface area contributed by atoms with Gasteiger partial charge in [-0.2, -0.15) is 5.26 Å². The summed E-state index contributed by atoms with van der Waals surface area (Å²) in [5.74, 6) is 0.559. The van der Waals surface area contributed by atoms with Crippen molar-refractivity contribution in [3.05, 3.63) is 16.1 Å². The smallest absolute Gasteiger partial charge is 0.110 e. The van der Waals surface area contributed by atoms with Crippen molar-refractivity contribution in [1.82, 2.24) is 9.88 Å². The van der Waals surface area contributed by atoms with Crippen molar-refractivity contribution in [2.75, 3.05) is 20.1 Å². The Bertz CT molecular complexity index is 393. The molecule has 16 heavy (non-hydrogen) atoms. The topological polar surface area (TPSA) is 39.9 Å². The molecule has 4 heteroatoms. The Kier molecular flexibility index (Phi) is 3.57. The number of hydrogen-bond donors (Lipinski definition) is 0. The minimum atomic E-state index is -0.0158. The molecule has 2 heterocycles. The molecule has 2 atom stereocenters. The van der Waals surface area contributed by atoms with E-state index in [-0.39, 0.29) is 5.92 Å². The number of nitriles is 1. The van der Waals surface area contributed by atoms with E-state index in [4.69, 9.17) is 5.26 Å². The van der Waals surface area contributed by atoms with Crippen LogP contribution in [0.5, 0.6) is 0 Å². The van der Waals surface area contributed by atoms with E-state index in [1.54, 1.807) is 11.3 Å². The molecule has 2 rings (SSSR count). The molecule has 0 amide bonds. The Balaban J connectivity index is 2.11. The standard InChI is InChI=1S/C12H17N3S/c1-3-9(6-13)12-14-11(8-16-12)10-4-5-15(2)7-10/h8-10H,3-5,7H2,1-2H3. The third-order valence-electron chi connectivity index (χ3n) is 3.21. The molecule has 0 aromatic carbocycles. The summed E-state index contributed by atoms with van der Waals surface area (Å²) in [7, 11) is 2.15. The van der Waals surface area contributed by atoms with E-state index in [1.807, 2.05) is 6.92 Å². The normalized spacial score (nSPS) is 23.2. The number of hydrogen-bond acceptors (Lipinski definition) is 4. The van der Waals surface area contributed by atoms with Gasteiger partial charge in [0.05, 0.1) is 17.7 Å². The first-order valence-electron chi connectivity index (χ1n) is 5.78. The second kappa shape index (κ2) is 4.94. The summed E-state index contributed by atoms with van der Waals surface area (Å²) < 4.78 is 0. The molecule has 3 nitrogen and oxygen atoms in total. The lowest BCUT2D eigenvalue weighted by atomic mass is 10.1. The number of likely N-dealkylation sites (N-methyl/N-ethyl adjacent to an activating group) is 1. The van der Waals surface area contributed by atoms with Gasteiger partial charge >= 0.3 is 0 Å². The fraction of sp³-hybridized carbons (Fsp3) is 0.667. The van der Waals surface area contributed by atoms with Crippen LogP contribution in [0.15, 0.2) is 5.38 Å². The zero-order valence-corrected chi connectivity index (χ0v) is 10.6. The van der Waals surface area contributed by atoms with Gasteiger partial charge in [-0.25, -0.2) is 4.98 Å². The summed E-state index contributed by atoms with van der Waals surface area (Å²) in [6.07, 6.45) is 2.05. The summed E-state index contributed by atoms with van der Waals surface area (Å²) in [6, 6.07) is 2.32. The molecule has 0 N–H and O–H groups in total. The Morgan fingerprint density at radius 2 is 2.56 bits per heavy atom. The molecule has 2 unspecified atom stereocenters. The lowest BCUT2D eigenvalue weighted by Gasteiger charge is -2.07. The van der Waals surface area contributed by atoms with E-state index in [0.717, 1.165) is 24.5 Å². The van der Waals surface area contributed by atoms with Gasteiger partial charge in [-0.1, -0.05) is 6.92 Å². The zero-order chi connectivity index (χ0) is 11.5. The highest BCUT2D eigenvalue weighted by Crippen LogP contribution is 2.30. The third-order valence-corrected chi connectivity index (χ3v) is 4.19. The maximum Gasteiger partial charge on any atom is 0.110 e. The number of likely N-dealkylation sites (tertiary alicyclic amines) is 1. The van der Waals surface area contributed by atoms with Crippen LogP contribution in [0.4, 0.5) is 0 Å². The second-order valence-corrected chi connectivity index (χ2v) is 5.34. The Labute approximate surface area is 101 Å². The Morgan fingerprint density at radius 1 is 1.75 bits per heavy atom. The van der Waals surface area contributed by atoms with Crippen molar-refractivity contribution in [1.29, 1.82) is 5.26 Å². The SMILES string of the molecule is CCC(C#N)c1nc(C2CCN(C)C2)cs1. The van der Waals surface area contributed by atoms with E-state index in [1.165, 1.54) is 12.1 Å². The summed E-state index contributed by atoms with van der Waals surface area (Å²) in [5, 5.41) is 12.1. The summed E-state index contributed by atoms with van der Waals surface area (Å²) in [5.41, 5.74) is 1.19. The molecule has 1 aliphatic heterocycles. The van der Waals surface area contributed by atoms with Gasteiger partial charge in [0.15, 0.2) is 0 Å². The fourth-order valence-corrected chi connectivity index (χ4v) is 3.17. The van der Waals surface area contributed by atoms with E-state index in [2.05, 4.69) is 28.4 Å². The van der Waals surface area contributed by atoms with Crippen molar-refractivity contribution in [3.8, 4) is 6.07 Å². The van der Waals surface area contributed by atoms with Crippen molar-refractivity contribution >= 4 is 11.3 Å². The molecule has 0 radical (unpaired) electrons. The minimum absolute atomic E-state index is 0.0158. The number of rotatable bonds is 3. The van der Waals surface area contributed by atoms with E-state index in [9.17, 15) is 0 Å². The van der Waals surface area contributed by atoms with Crippen LogP contribution < -0.4 is 0 Å². The monoisotopic (exact) mass is 235 g/mol. The van der Waals surface area contributed by atoms with Crippen LogP contribution in [-0.2, 0) is 0 Å². The maximum absolute atomic E-state index is 9.00. The molecule has 1 fully saturated rings. The van der Waals surface area contributed by atoms with Gasteiger partial charge in [0.25, 0.3) is 0 Å². The molecule has 0 spiro atoms. The number of nitrogens with zero attached hydrogens (tertiary/aromatic N) is 3. The van der Waals surface area contributed by atoms with Crippen LogP contribution in [0.2, 0.25) is 0 Å². The molecular formula is C12H17N3S. The molecule has 1 aliphatic rings. The first kappa shape index (κ1) is 11.6. The highest BCUT2D eigenvalue weighted by Gasteiger charge is 2.24. The van der Waals surface area contributed by atoms with Crippen LogP contribution >= 0.6 is 11.3 Å². The number of aromatic nitrogens is 1. The predicted molar refractivity (Wildman–Crippen MR) is 65.6 cm³/mol. The van der Waals surface area contributed by atoms with Gasteiger partial charge < -0.3 is 4.90 Å². The van der Waals surface area contributed by atoms with E-state index in [0.29, 0.717) is 5.92 Å². The molecule has 0 saturated carbocycles.